The van der Waals surface area contributed by atoms with Gasteiger partial charge in [0, 0.05) is 37.3 Å². The molecule has 26 heavy (non-hydrogen) atoms. The van der Waals surface area contributed by atoms with Crippen molar-refractivity contribution >= 4 is 33.2 Å². The maximum absolute atomic E-state index is 12.0. The number of anilines is 2. The number of carbonyl (C=O) groups is 2. The van der Waals surface area contributed by atoms with E-state index in [9.17, 15) is 18.0 Å². The second kappa shape index (κ2) is 9.14. The third-order valence-corrected chi connectivity index (χ3v) is 6.14. The molecule has 0 aliphatic carbocycles. The van der Waals surface area contributed by atoms with Crippen molar-refractivity contribution in [3.05, 3.63) is 24.3 Å². The fourth-order valence-corrected chi connectivity index (χ4v) is 3.42. The molecule has 1 fully saturated rings. The van der Waals surface area contributed by atoms with Crippen LogP contribution in [0.5, 0.6) is 0 Å². The number of nitrogens with one attached hydrogen (secondary N) is 2. The highest BCUT2D eigenvalue weighted by molar-refractivity contribution is 7.90. The lowest BCUT2D eigenvalue weighted by Crippen LogP contribution is -2.31. The molecule has 0 spiro atoms. The standard InChI is InChI=1S/C18H27N3O4S/c1-14(2)26(24,25)19-12-4-3-6-17(22)20-15-8-10-16(11-9-15)21-13-5-7-18(21)23/h8-11,14,19H,3-7,12-13H2,1-2H3,(H,20,22). The third kappa shape index (κ3) is 5.81. The van der Waals surface area contributed by atoms with Crippen molar-refractivity contribution in [3.63, 3.8) is 0 Å². The largest absolute Gasteiger partial charge is 0.326 e. The maximum Gasteiger partial charge on any atom is 0.227 e. The van der Waals surface area contributed by atoms with E-state index in [2.05, 4.69) is 10.0 Å². The summed E-state index contributed by atoms with van der Waals surface area (Å²) < 4.78 is 25.7. The van der Waals surface area contributed by atoms with Gasteiger partial charge in [-0.2, -0.15) is 0 Å². The fourth-order valence-electron chi connectivity index (χ4n) is 2.66. The van der Waals surface area contributed by atoms with Gasteiger partial charge in [0.1, 0.15) is 0 Å². The molecule has 1 saturated heterocycles. The Labute approximate surface area is 155 Å². The third-order valence-electron chi connectivity index (χ3n) is 4.29. The lowest BCUT2D eigenvalue weighted by Gasteiger charge is -2.16. The fraction of sp³-hybridized carbons (Fsp3) is 0.556. The molecule has 1 aliphatic rings. The van der Waals surface area contributed by atoms with E-state index in [4.69, 9.17) is 0 Å². The first-order chi connectivity index (χ1) is 12.3. The van der Waals surface area contributed by atoms with E-state index >= 15 is 0 Å². The predicted molar refractivity (Wildman–Crippen MR) is 103 cm³/mol. The lowest BCUT2D eigenvalue weighted by atomic mass is 10.2. The number of carbonyl (C=O) groups excluding carboxylic acids is 2. The number of rotatable bonds is 9. The Morgan fingerprint density at radius 2 is 1.88 bits per heavy atom. The Hall–Kier alpha value is -1.93. The van der Waals surface area contributed by atoms with Gasteiger partial charge in [0.15, 0.2) is 0 Å². The summed E-state index contributed by atoms with van der Waals surface area (Å²) in [5.41, 5.74) is 1.54. The van der Waals surface area contributed by atoms with Crippen LogP contribution in [0.4, 0.5) is 11.4 Å². The van der Waals surface area contributed by atoms with Crippen LogP contribution >= 0.6 is 0 Å². The van der Waals surface area contributed by atoms with Crippen LogP contribution in [0.3, 0.4) is 0 Å². The summed E-state index contributed by atoms with van der Waals surface area (Å²) in [5.74, 6) is 0.0246. The molecule has 0 unspecified atom stereocenters. The number of nitrogens with zero attached hydrogens (tertiary/aromatic N) is 1. The van der Waals surface area contributed by atoms with Crippen molar-refractivity contribution < 1.29 is 18.0 Å². The second-order valence-electron chi connectivity index (χ2n) is 6.69. The topological polar surface area (TPSA) is 95.6 Å². The van der Waals surface area contributed by atoms with E-state index in [0.29, 0.717) is 37.9 Å². The first-order valence-electron chi connectivity index (χ1n) is 8.98. The van der Waals surface area contributed by atoms with Gasteiger partial charge in [-0.1, -0.05) is 0 Å². The Morgan fingerprint density at radius 3 is 2.46 bits per heavy atom. The number of sulfonamides is 1. The summed E-state index contributed by atoms with van der Waals surface area (Å²) in [4.78, 5) is 25.4. The summed E-state index contributed by atoms with van der Waals surface area (Å²) >= 11 is 0. The van der Waals surface area contributed by atoms with Gasteiger partial charge in [0.05, 0.1) is 5.25 Å². The average Bonchev–Trinajstić information content (AvgIpc) is 3.01. The number of benzene rings is 1. The van der Waals surface area contributed by atoms with Crippen molar-refractivity contribution in [1.82, 2.24) is 4.72 Å². The minimum Gasteiger partial charge on any atom is -0.326 e. The molecule has 7 nitrogen and oxygen atoms in total. The summed E-state index contributed by atoms with van der Waals surface area (Å²) in [6.07, 6.45) is 3.01. The number of amides is 2. The quantitative estimate of drug-likeness (QED) is 0.641. The monoisotopic (exact) mass is 381 g/mol. The zero-order valence-corrected chi connectivity index (χ0v) is 16.1. The van der Waals surface area contributed by atoms with E-state index in [1.54, 1.807) is 30.9 Å². The minimum absolute atomic E-state index is 0.110. The van der Waals surface area contributed by atoms with E-state index in [1.807, 2.05) is 12.1 Å². The molecule has 144 valence electrons. The van der Waals surface area contributed by atoms with Crippen LogP contribution in [0.2, 0.25) is 0 Å². The van der Waals surface area contributed by atoms with Crippen LogP contribution in [0.15, 0.2) is 24.3 Å². The van der Waals surface area contributed by atoms with E-state index < -0.39 is 15.3 Å². The molecule has 1 aromatic carbocycles. The van der Waals surface area contributed by atoms with Crippen LogP contribution in [0.25, 0.3) is 0 Å². The Morgan fingerprint density at radius 1 is 1.19 bits per heavy atom. The molecule has 2 N–H and O–H groups in total. The zero-order valence-electron chi connectivity index (χ0n) is 15.3. The van der Waals surface area contributed by atoms with Gasteiger partial charge in [-0.05, 0) is 57.4 Å². The SMILES string of the molecule is CC(C)S(=O)(=O)NCCCCC(=O)Nc1ccc(N2CCCC2=O)cc1. The zero-order chi connectivity index (χ0) is 19.2. The van der Waals surface area contributed by atoms with Crippen molar-refractivity contribution in [1.29, 1.82) is 0 Å². The minimum atomic E-state index is -3.24. The Kier molecular flexibility index (Phi) is 7.16. The highest BCUT2D eigenvalue weighted by Crippen LogP contribution is 2.23. The predicted octanol–water partition coefficient (Wildman–Crippen LogP) is 2.25. The highest BCUT2D eigenvalue weighted by atomic mass is 32.2. The van der Waals surface area contributed by atoms with E-state index in [1.165, 1.54) is 0 Å². The van der Waals surface area contributed by atoms with Crippen molar-refractivity contribution in [3.8, 4) is 0 Å². The normalized spacial score (nSPS) is 14.9. The van der Waals surface area contributed by atoms with Gasteiger partial charge in [0.2, 0.25) is 21.8 Å². The summed E-state index contributed by atoms with van der Waals surface area (Å²) in [6.45, 7) is 4.33. The summed E-state index contributed by atoms with van der Waals surface area (Å²) in [6, 6.07) is 7.24. The number of hydrogen-bond acceptors (Lipinski definition) is 4. The van der Waals surface area contributed by atoms with Gasteiger partial charge < -0.3 is 10.2 Å². The molecular formula is C18H27N3O4S. The lowest BCUT2D eigenvalue weighted by molar-refractivity contribution is -0.117. The molecule has 0 radical (unpaired) electrons. The molecule has 1 aromatic rings. The van der Waals surface area contributed by atoms with E-state index in [-0.39, 0.29) is 11.8 Å². The van der Waals surface area contributed by atoms with Crippen LogP contribution in [0, 0.1) is 0 Å². The van der Waals surface area contributed by atoms with Gasteiger partial charge in [-0.25, -0.2) is 13.1 Å². The Balaban J connectivity index is 1.70. The molecule has 2 amide bonds. The highest BCUT2D eigenvalue weighted by Gasteiger charge is 2.21. The van der Waals surface area contributed by atoms with Gasteiger partial charge in [0.25, 0.3) is 0 Å². The molecule has 8 heteroatoms. The summed E-state index contributed by atoms with van der Waals surface area (Å²) in [7, 11) is -3.24. The van der Waals surface area contributed by atoms with Crippen LogP contribution in [-0.2, 0) is 19.6 Å². The molecule has 2 rings (SSSR count). The van der Waals surface area contributed by atoms with Crippen molar-refractivity contribution in [2.75, 3.05) is 23.3 Å². The molecule has 1 aliphatic heterocycles. The van der Waals surface area contributed by atoms with E-state index in [0.717, 1.165) is 18.7 Å². The molecule has 0 bridgehead atoms. The number of hydrogen-bond donors (Lipinski definition) is 2. The maximum atomic E-state index is 12.0. The second-order valence-corrected chi connectivity index (χ2v) is 9.01. The smallest absolute Gasteiger partial charge is 0.227 e. The van der Waals surface area contributed by atoms with Crippen LogP contribution < -0.4 is 14.9 Å². The van der Waals surface area contributed by atoms with Gasteiger partial charge in [-0.3, -0.25) is 9.59 Å². The van der Waals surface area contributed by atoms with Crippen molar-refractivity contribution in [2.45, 2.75) is 51.2 Å². The molecule has 1 heterocycles. The summed E-state index contributed by atoms with van der Waals surface area (Å²) in [5, 5.41) is 2.36. The van der Waals surface area contributed by atoms with Gasteiger partial charge >= 0.3 is 0 Å². The van der Waals surface area contributed by atoms with Crippen LogP contribution in [0.1, 0.15) is 46.0 Å². The van der Waals surface area contributed by atoms with Crippen molar-refractivity contribution in [2.24, 2.45) is 0 Å². The first kappa shape index (κ1) is 20.4. The molecule has 0 aromatic heterocycles. The first-order valence-corrected chi connectivity index (χ1v) is 10.5. The van der Waals surface area contributed by atoms with Crippen LogP contribution in [-0.4, -0.2) is 38.6 Å². The number of unbranched alkanes of at least 4 members (excludes halogenated alkanes) is 1. The Bertz CT molecular complexity index is 729. The van der Waals surface area contributed by atoms with Gasteiger partial charge in [-0.15, -0.1) is 0 Å². The molecule has 0 saturated carbocycles. The molecular weight excluding hydrogens is 354 g/mol. The average molecular weight is 381 g/mol. The molecule has 0 atom stereocenters.